The second-order valence-corrected chi connectivity index (χ2v) is 6.65. The van der Waals surface area contributed by atoms with E-state index in [2.05, 4.69) is 10.3 Å². The third-order valence-corrected chi connectivity index (χ3v) is 4.62. The Morgan fingerprint density at radius 1 is 1.38 bits per heavy atom. The van der Waals surface area contributed by atoms with Crippen molar-refractivity contribution < 1.29 is 22.3 Å². The molecule has 2 aromatic rings. The predicted molar refractivity (Wildman–Crippen MR) is 103 cm³/mol. The van der Waals surface area contributed by atoms with Crippen molar-refractivity contribution in [1.82, 2.24) is 15.2 Å². The molecule has 3 rings (SSSR count). The Labute approximate surface area is 170 Å². The fraction of sp³-hybridized carbons (Fsp3) is 0.368. The van der Waals surface area contributed by atoms with E-state index in [9.17, 15) is 22.3 Å². The van der Waals surface area contributed by atoms with Gasteiger partial charge in [0.15, 0.2) is 0 Å². The largest absolute Gasteiger partial charge is 0.343 e. The summed E-state index contributed by atoms with van der Waals surface area (Å²) in [4.78, 5) is 29.7. The first kappa shape index (κ1) is 22.5. The van der Waals surface area contributed by atoms with Crippen molar-refractivity contribution in [2.24, 2.45) is 0 Å². The van der Waals surface area contributed by atoms with Crippen LogP contribution in [0.1, 0.15) is 30.6 Å². The number of carbonyl (C=O) groups is 2. The van der Waals surface area contributed by atoms with Gasteiger partial charge in [0.05, 0.1) is 42.4 Å². The normalized spacial score (nSPS) is 17.2. The summed E-state index contributed by atoms with van der Waals surface area (Å²) >= 11 is 0.0499. The SMILES string of the molecule is CC.N#CC1CC(F)(F)CN1C(=O)CNC(=O)c1ccnc2cc(SF)ccc12. The number of amides is 2. The summed E-state index contributed by atoms with van der Waals surface area (Å²) in [5, 5.41) is 11.8. The number of carbonyl (C=O) groups excluding carboxylic acids is 2. The lowest BCUT2D eigenvalue weighted by Crippen LogP contribution is -2.43. The summed E-state index contributed by atoms with van der Waals surface area (Å²) in [5.41, 5.74) is 0.618. The molecule has 2 amide bonds. The molecule has 0 radical (unpaired) electrons. The summed E-state index contributed by atoms with van der Waals surface area (Å²) in [6.07, 6.45) is 0.658. The number of hydrogen-bond acceptors (Lipinski definition) is 5. The van der Waals surface area contributed by atoms with Gasteiger partial charge in [0.25, 0.3) is 11.8 Å². The lowest BCUT2D eigenvalue weighted by molar-refractivity contribution is -0.131. The summed E-state index contributed by atoms with van der Waals surface area (Å²) in [6.45, 7) is 2.64. The van der Waals surface area contributed by atoms with Gasteiger partial charge in [-0.15, -0.1) is 0 Å². The van der Waals surface area contributed by atoms with Crippen molar-refractivity contribution in [3.63, 3.8) is 0 Å². The highest BCUT2D eigenvalue weighted by atomic mass is 32.2. The van der Waals surface area contributed by atoms with E-state index >= 15 is 0 Å². The minimum absolute atomic E-state index is 0.0499. The van der Waals surface area contributed by atoms with Crippen molar-refractivity contribution in [2.45, 2.75) is 37.1 Å². The zero-order chi connectivity index (χ0) is 21.6. The van der Waals surface area contributed by atoms with Crippen molar-refractivity contribution in [3.05, 3.63) is 36.0 Å². The molecule has 6 nitrogen and oxygen atoms in total. The van der Waals surface area contributed by atoms with Gasteiger partial charge in [0.2, 0.25) is 5.91 Å². The number of aromatic nitrogens is 1. The maximum Gasteiger partial charge on any atom is 0.268 e. The minimum atomic E-state index is -3.12. The number of hydrogen-bond donors (Lipinski definition) is 1. The van der Waals surface area contributed by atoms with Crippen LogP contribution in [-0.4, -0.2) is 46.8 Å². The highest BCUT2D eigenvalue weighted by molar-refractivity contribution is 7.94. The Morgan fingerprint density at radius 3 is 2.76 bits per heavy atom. The first-order valence-electron chi connectivity index (χ1n) is 8.87. The number of fused-ring (bicyclic) bond motifs is 1. The van der Waals surface area contributed by atoms with Crippen LogP contribution < -0.4 is 5.32 Å². The maximum absolute atomic E-state index is 13.4. The van der Waals surface area contributed by atoms with Crippen LogP contribution in [0.2, 0.25) is 0 Å². The van der Waals surface area contributed by atoms with E-state index in [-0.39, 0.29) is 17.7 Å². The van der Waals surface area contributed by atoms with Gasteiger partial charge in [0.1, 0.15) is 6.04 Å². The van der Waals surface area contributed by atoms with Crippen LogP contribution in [0.4, 0.5) is 12.7 Å². The molecular formula is C19H19F3N4O2S. The van der Waals surface area contributed by atoms with Crippen molar-refractivity contribution in [1.29, 1.82) is 5.26 Å². The van der Waals surface area contributed by atoms with E-state index < -0.39 is 43.3 Å². The van der Waals surface area contributed by atoms with Gasteiger partial charge in [-0.1, -0.05) is 19.9 Å². The second-order valence-electron chi connectivity index (χ2n) is 6.02. The number of benzene rings is 1. The van der Waals surface area contributed by atoms with Gasteiger partial charge in [-0.2, -0.15) is 9.15 Å². The molecule has 1 fully saturated rings. The zero-order valence-electron chi connectivity index (χ0n) is 15.8. The highest BCUT2D eigenvalue weighted by Gasteiger charge is 2.47. The fourth-order valence-electron chi connectivity index (χ4n) is 2.92. The van der Waals surface area contributed by atoms with Crippen LogP contribution in [0.25, 0.3) is 10.9 Å². The Hall–Kier alpha value is -2.80. The van der Waals surface area contributed by atoms with Crippen molar-refractivity contribution in [3.8, 4) is 6.07 Å². The summed E-state index contributed by atoms with van der Waals surface area (Å²) in [5.74, 6) is -4.48. The van der Waals surface area contributed by atoms with E-state index in [1.54, 1.807) is 6.07 Å². The summed E-state index contributed by atoms with van der Waals surface area (Å²) in [7, 11) is 0. The minimum Gasteiger partial charge on any atom is -0.343 e. The molecule has 0 saturated carbocycles. The Bertz CT molecular complexity index is 949. The molecule has 1 aliphatic heterocycles. The number of pyridine rings is 1. The first-order valence-corrected chi connectivity index (χ1v) is 9.59. The standard InChI is InChI=1S/C17H13F3N4O2S.C2H6/c18-17(19)6-10(7-21)24(9-17)15(25)8-23-16(26)13-3-4-22-14-5-11(27-20)1-2-12(13)14;1-2/h1-5,10H,6,8-9H2,(H,23,26);1-2H3. The van der Waals surface area contributed by atoms with Gasteiger partial charge in [-0.25, -0.2) is 8.78 Å². The molecule has 1 unspecified atom stereocenters. The summed E-state index contributed by atoms with van der Waals surface area (Å²) < 4.78 is 39.5. The number of nitrogens with one attached hydrogen (secondary N) is 1. The number of halogens is 3. The average molecular weight is 424 g/mol. The molecule has 10 heteroatoms. The molecule has 1 atom stereocenters. The molecule has 2 heterocycles. The lowest BCUT2D eigenvalue weighted by Gasteiger charge is -2.19. The lowest BCUT2D eigenvalue weighted by atomic mass is 10.1. The third kappa shape index (κ3) is 5.17. The molecule has 0 bridgehead atoms. The highest BCUT2D eigenvalue weighted by Crippen LogP contribution is 2.31. The molecule has 1 N–H and O–H groups in total. The molecule has 1 aliphatic rings. The van der Waals surface area contributed by atoms with Gasteiger partial charge in [-0.3, -0.25) is 14.6 Å². The van der Waals surface area contributed by atoms with Crippen LogP contribution in [0.3, 0.4) is 0 Å². The summed E-state index contributed by atoms with van der Waals surface area (Å²) in [6, 6.07) is 6.39. The van der Waals surface area contributed by atoms with Crippen molar-refractivity contribution in [2.75, 3.05) is 13.1 Å². The molecule has 29 heavy (non-hydrogen) atoms. The average Bonchev–Trinajstić information content (AvgIpc) is 3.07. The maximum atomic E-state index is 13.4. The van der Waals surface area contributed by atoms with Crippen LogP contribution in [0.5, 0.6) is 0 Å². The number of alkyl halides is 2. The fourth-order valence-corrected chi connectivity index (χ4v) is 3.20. The predicted octanol–water partition coefficient (Wildman–Crippen LogP) is 3.73. The molecule has 0 aliphatic carbocycles. The van der Waals surface area contributed by atoms with Gasteiger partial charge >= 0.3 is 0 Å². The van der Waals surface area contributed by atoms with Crippen LogP contribution in [-0.2, 0) is 4.79 Å². The molecule has 154 valence electrons. The Balaban J connectivity index is 0.00000145. The number of rotatable bonds is 4. The van der Waals surface area contributed by atoms with E-state index in [4.69, 9.17) is 5.26 Å². The van der Waals surface area contributed by atoms with Crippen LogP contribution in [0.15, 0.2) is 35.4 Å². The van der Waals surface area contributed by atoms with E-state index in [0.29, 0.717) is 15.8 Å². The van der Waals surface area contributed by atoms with Gasteiger partial charge in [0, 0.05) is 22.9 Å². The zero-order valence-corrected chi connectivity index (χ0v) is 16.6. The number of nitrogens with zero attached hydrogens (tertiary/aromatic N) is 3. The Kier molecular flexibility index (Phi) is 7.45. The smallest absolute Gasteiger partial charge is 0.268 e. The number of likely N-dealkylation sites (tertiary alicyclic amines) is 1. The number of nitriles is 1. The second kappa shape index (κ2) is 9.60. The topological polar surface area (TPSA) is 86.1 Å². The third-order valence-electron chi connectivity index (χ3n) is 4.19. The molecule has 1 saturated heterocycles. The van der Waals surface area contributed by atoms with E-state index in [1.165, 1.54) is 30.5 Å². The Morgan fingerprint density at radius 2 is 2.10 bits per heavy atom. The quantitative estimate of drug-likeness (QED) is 0.808. The molecule has 0 spiro atoms. The molecule has 1 aromatic carbocycles. The molecular weight excluding hydrogens is 405 g/mol. The van der Waals surface area contributed by atoms with Crippen molar-refractivity contribution >= 4 is 34.9 Å². The van der Waals surface area contributed by atoms with E-state index in [1.807, 2.05) is 13.8 Å². The monoisotopic (exact) mass is 424 g/mol. The van der Waals surface area contributed by atoms with Crippen LogP contribution >= 0.6 is 12.1 Å². The van der Waals surface area contributed by atoms with Crippen LogP contribution in [0, 0.1) is 11.3 Å². The van der Waals surface area contributed by atoms with E-state index in [0.717, 1.165) is 4.90 Å². The first-order chi connectivity index (χ1) is 13.8. The van der Waals surface area contributed by atoms with Gasteiger partial charge in [-0.05, 0) is 18.2 Å². The van der Waals surface area contributed by atoms with Gasteiger partial charge < -0.3 is 10.2 Å². The molecule has 1 aromatic heterocycles.